The van der Waals surface area contributed by atoms with Crippen LogP contribution in [0.2, 0.25) is 0 Å². The van der Waals surface area contributed by atoms with Gasteiger partial charge in [0.2, 0.25) is 0 Å². The summed E-state index contributed by atoms with van der Waals surface area (Å²) in [5.74, 6) is -0.978. The van der Waals surface area contributed by atoms with E-state index < -0.39 is 58.0 Å². The van der Waals surface area contributed by atoms with Crippen molar-refractivity contribution < 1.29 is 28.5 Å². The number of hydrogen-bond donors (Lipinski definition) is 5. The third-order valence-corrected chi connectivity index (χ3v) is 5.25. The molecule has 0 spiro atoms. The Hall–Kier alpha value is -1.57. The van der Waals surface area contributed by atoms with Gasteiger partial charge in [0.15, 0.2) is 16.1 Å². The molecule has 2 heterocycles. The standard InChI is InChI=1S/C12H19N3O8S/c13-1-2-24(21,22)5-6-3-15(12(20)14-10(6)19)11-9(18)8(17)7(4-16)23-11/h3,7-9,11,16-18H,1-2,4-5,13H2,(H,14,19,20)/t7-,8-,9-,11-/m1/s1. The van der Waals surface area contributed by atoms with Gasteiger partial charge in [-0.3, -0.25) is 14.3 Å². The van der Waals surface area contributed by atoms with Gasteiger partial charge >= 0.3 is 5.69 Å². The molecule has 0 bridgehead atoms. The number of ether oxygens (including phenoxy) is 1. The molecule has 24 heavy (non-hydrogen) atoms. The average molecular weight is 365 g/mol. The fraction of sp³-hybridized carbons (Fsp3) is 0.667. The minimum absolute atomic E-state index is 0.116. The Morgan fingerprint density at radius 1 is 1.29 bits per heavy atom. The number of aliphatic hydroxyl groups is 3. The molecule has 0 amide bonds. The molecule has 11 nitrogen and oxygen atoms in total. The van der Waals surface area contributed by atoms with Crippen LogP contribution in [0.5, 0.6) is 0 Å². The molecule has 1 aliphatic heterocycles. The van der Waals surface area contributed by atoms with Crippen LogP contribution in [-0.2, 0) is 20.3 Å². The Morgan fingerprint density at radius 3 is 2.50 bits per heavy atom. The molecule has 1 fully saturated rings. The first-order chi connectivity index (χ1) is 11.2. The second-order valence-corrected chi connectivity index (χ2v) is 7.61. The molecule has 0 aliphatic carbocycles. The van der Waals surface area contributed by atoms with Crippen LogP contribution in [0.25, 0.3) is 0 Å². The van der Waals surface area contributed by atoms with E-state index in [1.54, 1.807) is 0 Å². The minimum Gasteiger partial charge on any atom is -0.394 e. The van der Waals surface area contributed by atoms with Crippen LogP contribution >= 0.6 is 0 Å². The molecule has 0 radical (unpaired) electrons. The zero-order chi connectivity index (χ0) is 18.1. The van der Waals surface area contributed by atoms with Crippen LogP contribution in [0.3, 0.4) is 0 Å². The van der Waals surface area contributed by atoms with Crippen LogP contribution in [0, 0.1) is 0 Å². The third kappa shape index (κ3) is 3.74. The van der Waals surface area contributed by atoms with Gasteiger partial charge in [-0.25, -0.2) is 13.2 Å². The van der Waals surface area contributed by atoms with Crippen molar-refractivity contribution in [3.63, 3.8) is 0 Å². The monoisotopic (exact) mass is 365 g/mol. The minimum atomic E-state index is -3.65. The number of aliphatic hydroxyl groups excluding tert-OH is 3. The number of sulfone groups is 1. The van der Waals surface area contributed by atoms with E-state index in [2.05, 4.69) is 0 Å². The van der Waals surface area contributed by atoms with Crippen molar-refractivity contribution >= 4 is 9.84 Å². The summed E-state index contributed by atoms with van der Waals surface area (Å²) >= 11 is 0. The van der Waals surface area contributed by atoms with E-state index in [4.69, 9.17) is 15.6 Å². The summed E-state index contributed by atoms with van der Waals surface area (Å²) in [6, 6.07) is 0. The summed E-state index contributed by atoms with van der Waals surface area (Å²) < 4.78 is 29.6. The molecule has 6 N–H and O–H groups in total. The van der Waals surface area contributed by atoms with Crippen LogP contribution in [0.15, 0.2) is 15.8 Å². The Kier molecular flexibility index (Phi) is 5.57. The van der Waals surface area contributed by atoms with E-state index in [9.17, 15) is 28.2 Å². The fourth-order valence-electron chi connectivity index (χ4n) is 2.42. The predicted molar refractivity (Wildman–Crippen MR) is 80.9 cm³/mol. The quantitative estimate of drug-likeness (QED) is 0.335. The van der Waals surface area contributed by atoms with Gasteiger partial charge in [-0.05, 0) is 0 Å². The summed E-state index contributed by atoms with van der Waals surface area (Å²) in [6.45, 7) is -0.709. The van der Waals surface area contributed by atoms with Gasteiger partial charge in [-0.15, -0.1) is 0 Å². The molecule has 1 aromatic heterocycles. The second kappa shape index (κ2) is 7.13. The number of hydrogen-bond acceptors (Lipinski definition) is 9. The molecule has 1 aromatic rings. The predicted octanol–water partition coefficient (Wildman–Crippen LogP) is -3.98. The summed E-state index contributed by atoms with van der Waals surface area (Å²) in [5, 5.41) is 28.7. The summed E-state index contributed by atoms with van der Waals surface area (Å²) in [7, 11) is -3.65. The van der Waals surface area contributed by atoms with Crippen molar-refractivity contribution in [2.24, 2.45) is 5.73 Å². The molecule has 0 unspecified atom stereocenters. The highest BCUT2D eigenvalue weighted by Crippen LogP contribution is 2.28. The van der Waals surface area contributed by atoms with Crippen molar-refractivity contribution in [2.45, 2.75) is 30.3 Å². The van der Waals surface area contributed by atoms with Crippen LogP contribution in [0.4, 0.5) is 0 Å². The molecule has 4 atom stereocenters. The van der Waals surface area contributed by atoms with Crippen LogP contribution < -0.4 is 17.0 Å². The maximum absolute atomic E-state index is 11.9. The highest BCUT2D eigenvalue weighted by Gasteiger charge is 2.43. The molecule has 12 heteroatoms. The summed E-state index contributed by atoms with van der Waals surface area (Å²) in [5.41, 5.74) is 3.13. The topological polar surface area (TPSA) is 185 Å². The van der Waals surface area contributed by atoms with Gasteiger partial charge in [0.25, 0.3) is 5.56 Å². The van der Waals surface area contributed by atoms with Gasteiger partial charge in [0, 0.05) is 18.3 Å². The SMILES string of the molecule is NCCS(=O)(=O)Cc1cn([C@@H]2O[C@H](CO)[C@@H](O)[C@H]2O)c(=O)[nH]c1=O. The third-order valence-electron chi connectivity index (χ3n) is 3.64. The number of nitrogens with two attached hydrogens (primary N) is 1. The molecule has 2 rings (SSSR count). The van der Waals surface area contributed by atoms with Gasteiger partial charge in [-0.1, -0.05) is 0 Å². The molecule has 0 aromatic carbocycles. The summed E-state index contributed by atoms with van der Waals surface area (Å²) in [4.78, 5) is 25.7. The van der Waals surface area contributed by atoms with E-state index >= 15 is 0 Å². The average Bonchev–Trinajstić information content (AvgIpc) is 2.77. The van der Waals surface area contributed by atoms with E-state index in [0.29, 0.717) is 0 Å². The van der Waals surface area contributed by atoms with Crippen LogP contribution in [-0.4, -0.2) is 70.5 Å². The zero-order valence-electron chi connectivity index (χ0n) is 12.5. The lowest BCUT2D eigenvalue weighted by Crippen LogP contribution is -2.39. The smallest absolute Gasteiger partial charge is 0.330 e. The first-order valence-electron chi connectivity index (χ1n) is 7.07. The number of aromatic nitrogens is 2. The Labute approximate surface area is 136 Å². The van der Waals surface area contributed by atoms with Crippen LogP contribution in [0.1, 0.15) is 11.8 Å². The van der Waals surface area contributed by atoms with Gasteiger partial charge in [0.1, 0.15) is 18.3 Å². The fourth-order valence-corrected chi connectivity index (χ4v) is 3.60. The number of aromatic amines is 1. The van der Waals surface area contributed by atoms with Crippen molar-refractivity contribution in [3.8, 4) is 0 Å². The first-order valence-corrected chi connectivity index (χ1v) is 8.89. The molecule has 1 aliphatic rings. The molecule has 136 valence electrons. The molecular formula is C12H19N3O8S. The summed E-state index contributed by atoms with van der Waals surface area (Å²) in [6.07, 6.45) is -4.52. The second-order valence-electron chi connectivity index (χ2n) is 5.43. The molecule has 0 saturated carbocycles. The highest BCUT2D eigenvalue weighted by atomic mass is 32.2. The highest BCUT2D eigenvalue weighted by molar-refractivity contribution is 7.90. The molecular weight excluding hydrogens is 346 g/mol. The first kappa shape index (κ1) is 18.8. The van der Waals surface area contributed by atoms with Crippen molar-refractivity contribution in [1.82, 2.24) is 9.55 Å². The lowest BCUT2D eigenvalue weighted by molar-refractivity contribution is -0.0551. The Morgan fingerprint density at radius 2 is 1.96 bits per heavy atom. The Bertz CT molecular complexity index is 801. The van der Waals surface area contributed by atoms with E-state index in [0.717, 1.165) is 10.8 Å². The number of nitrogens with one attached hydrogen (secondary N) is 1. The number of H-pyrrole nitrogens is 1. The maximum atomic E-state index is 11.9. The number of nitrogens with zero attached hydrogens (tertiary/aromatic N) is 1. The zero-order valence-corrected chi connectivity index (χ0v) is 13.3. The van der Waals surface area contributed by atoms with Crippen molar-refractivity contribution in [1.29, 1.82) is 0 Å². The molecule has 1 saturated heterocycles. The number of rotatable bonds is 6. The van der Waals surface area contributed by atoms with Crippen molar-refractivity contribution in [2.75, 3.05) is 18.9 Å². The lowest BCUT2D eigenvalue weighted by atomic mass is 10.1. The largest absolute Gasteiger partial charge is 0.394 e. The lowest BCUT2D eigenvalue weighted by Gasteiger charge is -2.18. The Balaban J connectivity index is 2.41. The van der Waals surface area contributed by atoms with Gasteiger partial charge < -0.3 is 25.8 Å². The van der Waals surface area contributed by atoms with E-state index in [1.165, 1.54) is 0 Å². The van der Waals surface area contributed by atoms with Crippen molar-refractivity contribution in [3.05, 3.63) is 32.6 Å². The van der Waals surface area contributed by atoms with Gasteiger partial charge in [-0.2, -0.15) is 0 Å². The van der Waals surface area contributed by atoms with E-state index in [-0.39, 0.29) is 17.9 Å². The van der Waals surface area contributed by atoms with Gasteiger partial charge in [0.05, 0.1) is 18.1 Å². The van der Waals surface area contributed by atoms with E-state index in [1.807, 2.05) is 4.98 Å². The maximum Gasteiger partial charge on any atom is 0.330 e. The normalized spacial score (nSPS) is 27.5.